The highest BCUT2D eigenvalue weighted by molar-refractivity contribution is 5.67. The molecule has 1 atom stereocenters. The van der Waals surface area contributed by atoms with Crippen molar-refractivity contribution in [2.75, 3.05) is 13.2 Å². The Morgan fingerprint density at radius 1 is 1.47 bits per heavy atom. The Balaban J connectivity index is 3.78. The smallest absolute Gasteiger partial charge is 0.407 e. The molecule has 0 bridgehead atoms. The molecule has 0 heterocycles. The molecule has 0 aliphatic rings. The number of amides is 1. The minimum Gasteiger partial charge on any atom is -0.444 e. The second-order valence-electron chi connectivity index (χ2n) is 4.72. The van der Waals surface area contributed by atoms with Gasteiger partial charge in [0.2, 0.25) is 0 Å². The van der Waals surface area contributed by atoms with E-state index < -0.39 is 11.7 Å². The molecule has 0 aromatic carbocycles. The van der Waals surface area contributed by atoms with Gasteiger partial charge in [0.05, 0.1) is 0 Å². The molecule has 0 aliphatic carbocycles. The lowest BCUT2D eigenvalue weighted by atomic mass is 10.1. The maximum absolute atomic E-state index is 11.3. The molecule has 0 aromatic heterocycles. The van der Waals surface area contributed by atoms with Crippen LogP contribution in [0.4, 0.5) is 4.79 Å². The number of hydrogen-bond donors (Lipinski definition) is 2. The molecule has 15 heavy (non-hydrogen) atoms. The first-order chi connectivity index (χ1) is 6.89. The van der Waals surface area contributed by atoms with Crippen LogP contribution in [0.25, 0.3) is 0 Å². The van der Waals surface area contributed by atoms with E-state index in [0.29, 0.717) is 6.54 Å². The number of hydrogen-bond acceptors (Lipinski definition) is 3. The van der Waals surface area contributed by atoms with Crippen molar-refractivity contribution in [2.45, 2.75) is 46.1 Å². The lowest BCUT2D eigenvalue weighted by molar-refractivity contribution is 0.0511. The van der Waals surface area contributed by atoms with Gasteiger partial charge in [-0.2, -0.15) is 0 Å². The van der Waals surface area contributed by atoms with Crippen molar-refractivity contribution in [3.8, 4) is 0 Å². The summed E-state index contributed by atoms with van der Waals surface area (Å²) in [5.74, 6) is 0.127. The monoisotopic (exact) mass is 217 g/mol. The summed E-state index contributed by atoms with van der Waals surface area (Å²) in [5, 5.41) is 11.7. The van der Waals surface area contributed by atoms with Crippen molar-refractivity contribution in [1.82, 2.24) is 5.32 Å². The summed E-state index contributed by atoms with van der Waals surface area (Å²) in [6.45, 7) is 8.09. The molecule has 1 amide bonds. The fourth-order valence-corrected chi connectivity index (χ4v) is 1.21. The number of alkyl carbamates (subject to hydrolysis) is 1. The van der Waals surface area contributed by atoms with Crippen LogP contribution in [0.5, 0.6) is 0 Å². The first kappa shape index (κ1) is 14.2. The van der Waals surface area contributed by atoms with Gasteiger partial charge in [0.15, 0.2) is 0 Å². The SMILES string of the molecule is CCC[C@@H](CO)CNC(=O)OC(C)(C)C. The zero-order valence-electron chi connectivity index (χ0n) is 10.2. The highest BCUT2D eigenvalue weighted by Crippen LogP contribution is 2.07. The predicted molar refractivity (Wildman–Crippen MR) is 59.7 cm³/mol. The average Bonchev–Trinajstić information content (AvgIpc) is 2.09. The Morgan fingerprint density at radius 3 is 2.47 bits per heavy atom. The molecule has 0 aliphatic heterocycles. The van der Waals surface area contributed by atoms with Crippen LogP contribution in [0.1, 0.15) is 40.5 Å². The van der Waals surface area contributed by atoms with Crippen LogP contribution in [0.2, 0.25) is 0 Å². The normalized spacial score (nSPS) is 13.4. The van der Waals surface area contributed by atoms with E-state index in [0.717, 1.165) is 12.8 Å². The van der Waals surface area contributed by atoms with Gasteiger partial charge in [-0.1, -0.05) is 13.3 Å². The molecule has 0 aromatic rings. The van der Waals surface area contributed by atoms with Crippen molar-refractivity contribution < 1.29 is 14.6 Å². The second kappa shape index (κ2) is 6.67. The minimum absolute atomic E-state index is 0.101. The number of nitrogens with one attached hydrogen (secondary N) is 1. The molecule has 90 valence electrons. The van der Waals surface area contributed by atoms with Gasteiger partial charge >= 0.3 is 6.09 Å². The molecule has 2 N–H and O–H groups in total. The van der Waals surface area contributed by atoms with E-state index in [1.807, 2.05) is 20.8 Å². The van der Waals surface area contributed by atoms with E-state index in [4.69, 9.17) is 9.84 Å². The van der Waals surface area contributed by atoms with Crippen molar-refractivity contribution in [3.05, 3.63) is 0 Å². The highest BCUT2D eigenvalue weighted by Gasteiger charge is 2.16. The van der Waals surface area contributed by atoms with Crippen LogP contribution in [0, 0.1) is 5.92 Å². The number of carbonyl (C=O) groups is 1. The second-order valence-corrected chi connectivity index (χ2v) is 4.72. The summed E-state index contributed by atoms with van der Waals surface area (Å²) in [6, 6.07) is 0. The van der Waals surface area contributed by atoms with E-state index in [9.17, 15) is 4.79 Å². The van der Waals surface area contributed by atoms with Crippen LogP contribution < -0.4 is 5.32 Å². The Labute approximate surface area is 92.0 Å². The van der Waals surface area contributed by atoms with Crippen LogP contribution in [-0.2, 0) is 4.74 Å². The summed E-state index contributed by atoms with van der Waals surface area (Å²) in [4.78, 5) is 11.3. The number of ether oxygens (including phenoxy) is 1. The summed E-state index contributed by atoms with van der Waals surface area (Å²) in [7, 11) is 0. The largest absolute Gasteiger partial charge is 0.444 e. The zero-order valence-corrected chi connectivity index (χ0v) is 10.2. The topological polar surface area (TPSA) is 58.6 Å². The van der Waals surface area contributed by atoms with E-state index in [-0.39, 0.29) is 12.5 Å². The van der Waals surface area contributed by atoms with E-state index in [2.05, 4.69) is 12.2 Å². The lowest BCUT2D eigenvalue weighted by Gasteiger charge is -2.21. The quantitative estimate of drug-likeness (QED) is 0.739. The molecule has 4 nitrogen and oxygen atoms in total. The first-order valence-electron chi connectivity index (χ1n) is 5.46. The summed E-state index contributed by atoms with van der Waals surface area (Å²) in [5.41, 5.74) is -0.469. The van der Waals surface area contributed by atoms with Gasteiger partial charge in [0, 0.05) is 13.2 Å². The van der Waals surface area contributed by atoms with Gasteiger partial charge in [-0.05, 0) is 33.1 Å². The van der Waals surface area contributed by atoms with Gasteiger partial charge in [-0.15, -0.1) is 0 Å². The van der Waals surface area contributed by atoms with Gasteiger partial charge in [0.1, 0.15) is 5.60 Å². The molecule has 0 unspecified atom stereocenters. The van der Waals surface area contributed by atoms with Crippen molar-refractivity contribution in [3.63, 3.8) is 0 Å². The van der Waals surface area contributed by atoms with Gasteiger partial charge in [0.25, 0.3) is 0 Å². The van der Waals surface area contributed by atoms with Crippen LogP contribution >= 0.6 is 0 Å². The lowest BCUT2D eigenvalue weighted by Crippen LogP contribution is -2.36. The van der Waals surface area contributed by atoms with Gasteiger partial charge < -0.3 is 15.2 Å². The number of carbonyl (C=O) groups excluding carboxylic acids is 1. The summed E-state index contributed by atoms with van der Waals surface area (Å²) in [6.07, 6.45) is 1.49. The van der Waals surface area contributed by atoms with Gasteiger partial charge in [-0.25, -0.2) is 4.79 Å². The fourth-order valence-electron chi connectivity index (χ4n) is 1.21. The molecule has 0 radical (unpaired) electrons. The molecular formula is C11H23NO3. The molecule has 0 fully saturated rings. The minimum atomic E-state index is -0.469. The number of aliphatic hydroxyl groups is 1. The Bertz CT molecular complexity index is 187. The zero-order chi connectivity index (χ0) is 11.9. The van der Waals surface area contributed by atoms with Crippen LogP contribution in [-0.4, -0.2) is 30.0 Å². The van der Waals surface area contributed by atoms with Crippen LogP contribution in [0.15, 0.2) is 0 Å². The van der Waals surface area contributed by atoms with Crippen molar-refractivity contribution in [2.24, 2.45) is 5.92 Å². The standard InChI is InChI=1S/C11H23NO3/c1-5-6-9(8-13)7-12-10(14)15-11(2,3)4/h9,13H,5-8H2,1-4H3,(H,12,14)/t9-/m1/s1. The Kier molecular flexibility index (Phi) is 6.32. The molecule has 0 saturated heterocycles. The molecule has 4 heteroatoms. The third kappa shape index (κ3) is 8.24. The number of aliphatic hydroxyl groups excluding tert-OH is 1. The maximum atomic E-state index is 11.3. The predicted octanol–water partition coefficient (Wildman–Crippen LogP) is 1.92. The molecule has 0 rings (SSSR count). The Hall–Kier alpha value is -0.770. The molecule has 0 saturated carbocycles. The third-order valence-electron chi connectivity index (χ3n) is 1.89. The van der Waals surface area contributed by atoms with Gasteiger partial charge in [-0.3, -0.25) is 0 Å². The average molecular weight is 217 g/mol. The number of rotatable bonds is 5. The van der Waals surface area contributed by atoms with Crippen molar-refractivity contribution in [1.29, 1.82) is 0 Å². The highest BCUT2D eigenvalue weighted by atomic mass is 16.6. The van der Waals surface area contributed by atoms with Crippen LogP contribution in [0.3, 0.4) is 0 Å². The maximum Gasteiger partial charge on any atom is 0.407 e. The van der Waals surface area contributed by atoms with Crippen molar-refractivity contribution >= 4 is 6.09 Å². The summed E-state index contributed by atoms with van der Waals surface area (Å²) >= 11 is 0. The van der Waals surface area contributed by atoms with E-state index in [1.54, 1.807) is 0 Å². The van der Waals surface area contributed by atoms with E-state index in [1.165, 1.54) is 0 Å². The van der Waals surface area contributed by atoms with E-state index >= 15 is 0 Å². The molecular weight excluding hydrogens is 194 g/mol. The Morgan fingerprint density at radius 2 is 2.07 bits per heavy atom. The fraction of sp³-hybridized carbons (Fsp3) is 0.909. The third-order valence-corrected chi connectivity index (χ3v) is 1.89. The summed E-state index contributed by atoms with van der Waals surface area (Å²) < 4.78 is 5.08. The molecule has 0 spiro atoms. The first-order valence-corrected chi connectivity index (χ1v) is 5.46.